The van der Waals surface area contributed by atoms with Crippen LogP contribution in [0.4, 0.5) is 5.69 Å². The van der Waals surface area contributed by atoms with Gasteiger partial charge in [-0.2, -0.15) is 0 Å². The molecule has 11 nitrogen and oxygen atoms in total. The number of Topliss-reactive ketones (excluding diaryl/α,β-unsaturated/α-hetero) is 1. The Morgan fingerprint density at radius 1 is 1.04 bits per heavy atom. The third kappa shape index (κ3) is 5.42. The summed E-state index contributed by atoms with van der Waals surface area (Å²) in [7, 11) is 2.55. The van der Waals surface area contributed by atoms with Crippen molar-refractivity contribution in [2.45, 2.75) is 0 Å². The number of carboxylic acid groups (broad SMARTS) is 2. The van der Waals surface area contributed by atoms with E-state index in [2.05, 4.69) is 0 Å². The van der Waals surface area contributed by atoms with Crippen LogP contribution in [0.1, 0.15) is 10.4 Å². The summed E-state index contributed by atoms with van der Waals surface area (Å²) in [5.41, 5.74) is -0.906. The van der Waals surface area contributed by atoms with Crippen molar-refractivity contribution >= 4 is 23.4 Å². The van der Waals surface area contributed by atoms with Crippen molar-refractivity contribution in [2.75, 3.05) is 33.9 Å². The van der Waals surface area contributed by atoms with Gasteiger partial charge >= 0.3 is 11.9 Å². The average molecular weight is 356 g/mol. The Hall–Kier alpha value is -3.21. The van der Waals surface area contributed by atoms with Gasteiger partial charge in [0.15, 0.2) is 17.3 Å². The molecule has 0 radical (unpaired) electrons. The highest BCUT2D eigenvalue weighted by Crippen LogP contribution is 2.34. The van der Waals surface area contributed by atoms with Crippen LogP contribution in [-0.4, -0.2) is 71.6 Å². The summed E-state index contributed by atoms with van der Waals surface area (Å²) < 4.78 is 9.94. The van der Waals surface area contributed by atoms with Crippen LogP contribution in [0.15, 0.2) is 12.1 Å². The van der Waals surface area contributed by atoms with E-state index in [0.717, 1.165) is 17.0 Å². The molecule has 1 aromatic rings. The third-order valence-corrected chi connectivity index (χ3v) is 3.08. The molecule has 2 N–H and O–H groups in total. The fraction of sp³-hybridized carbons (Fsp3) is 0.357. The molecule has 1 rings (SSSR count). The largest absolute Gasteiger partial charge is 0.493 e. The number of rotatable bonds is 10. The minimum atomic E-state index is -1.34. The molecule has 0 aliphatic rings. The van der Waals surface area contributed by atoms with Crippen molar-refractivity contribution in [1.29, 1.82) is 0 Å². The summed E-state index contributed by atoms with van der Waals surface area (Å²) in [6, 6.07) is 2.10. The molecule has 11 heteroatoms. The normalized spacial score (nSPS) is 10.4. The summed E-state index contributed by atoms with van der Waals surface area (Å²) in [6.07, 6.45) is 0. The molecule has 0 fully saturated rings. The second-order valence-electron chi connectivity index (χ2n) is 4.84. The molecule has 0 unspecified atom stereocenters. The first-order valence-corrected chi connectivity index (χ1v) is 6.79. The number of ether oxygens (including phenoxy) is 2. The van der Waals surface area contributed by atoms with Crippen LogP contribution in [-0.2, 0) is 9.59 Å². The number of nitro groups is 1. The lowest BCUT2D eigenvalue weighted by Crippen LogP contribution is -2.38. The maximum atomic E-state index is 12.4. The zero-order valence-corrected chi connectivity index (χ0v) is 13.4. The van der Waals surface area contributed by atoms with E-state index in [1.54, 1.807) is 0 Å². The quantitative estimate of drug-likeness (QED) is 0.338. The van der Waals surface area contributed by atoms with Crippen molar-refractivity contribution in [1.82, 2.24) is 4.90 Å². The van der Waals surface area contributed by atoms with E-state index in [0.29, 0.717) is 0 Å². The summed E-state index contributed by atoms with van der Waals surface area (Å²) in [4.78, 5) is 45.2. The van der Waals surface area contributed by atoms with E-state index in [-0.39, 0.29) is 17.1 Å². The highest BCUT2D eigenvalue weighted by Gasteiger charge is 2.26. The zero-order chi connectivity index (χ0) is 19.1. The van der Waals surface area contributed by atoms with Crippen LogP contribution in [0, 0.1) is 10.1 Å². The van der Waals surface area contributed by atoms with Gasteiger partial charge in [-0.1, -0.05) is 0 Å². The average Bonchev–Trinajstić information content (AvgIpc) is 2.51. The molecule has 0 aliphatic heterocycles. The fourth-order valence-electron chi connectivity index (χ4n) is 2.08. The summed E-state index contributed by atoms with van der Waals surface area (Å²) in [5.74, 6) is -3.39. The van der Waals surface area contributed by atoms with E-state index < -0.39 is 48.0 Å². The lowest BCUT2D eigenvalue weighted by molar-refractivity contribution is -0.385. The van der Waals surface area contributed by atoms with Crippen molar-refractivity contribution < 1.29 is 39.0 Å². The molecule has 0 saturated heterocycles. The van der Waals surface area contributed by atoms with Gasteiger partial charge < -0.3 is 19.7 Å². The molecule has 0 atom stereocenters. The predicted molar refractivity (Wildman–Crippen MR) is 82.2 cm³/mol. The first-order valence-electron chi connectivity index (χ1n) is 6.79. The number of ketones is 1. The van der Waals surface area contributed by atoms with E-state index >= 15 is 0 Å². The molecule has 0 aromatic heterocycles. The summed E-state index contributed by atoms with van der Waals surface area (Å²) >= 11 is 0. The molecular formula is C14H16N2O9. The van der Waals surface area contributed by atoms with Gasteiger partial charge in [-0.25, -0.2) is 0 Å². The van der Waals surface area contributed by atoms with E-state index in [9.17, 15) is 24.5 Å². The highest BCUT2D eigenvalue weighted by atomic mass is 16.6. The van der Waals surface area contributed by atoms with Crippen LogP contribution in [0.25, 0.3) is 0 Å². The molecule has 0 saturated carbocycles. The number of hydrogen-bond acceptors (Lipinski definition) is 8. The maximum Gasteiger partial charge on any atom is 0.317 e. The molecule has 25 heavy (non-hydrogen) atoms. The van der Waals surface area contributed by atoms with Gasteiger partial charge in [-0.05, 0) is 0 Å². The first-order chi connectivity index (χ1) is 11.7. The molecule has 136 valence electrons. The standard InChI is InChI=1S/C14H16N2O9/c1-24-11-3-8(9(16(22)23)4-12(11)25-2)10(17)5-15(6-13(18)19)7-14(20)21/h3-4H,5-7H2,1-2H3,(H,18,19)(H,20,21). The smallest absolute Gasteiger partial charge is 0.317 e. The van der Waals surface area contributed by atoms with Gasteiger partial charge in [0, 0.05) is 6.07 Å². The molecule has 0 aliphatic carbocycles. The van der Waals surface area contributed by atoms with Crippen molar-refractivity contribution in [2.24, 2.45) is 0 Å². The Morgan fingerprint density at radius 2 is 1.52 bits per heavy atom. The van der Waals surface area contributed by atoms with Gasteiger partial charge in [0.1, 0.15) is 5.56 Å². The molecular weight excluding hydrogens is 340 g/mol. The first kappa shape index (κ1) is 19.8. The van der Waals surface area contributed by atoms with E-state index in [1.165, 1.54) is 14.2 Å². The zero-order valence-electron chi connectivity index (χ0n) is 13.4. The van der Waals surface area contributed by atoms with Crippen LogP contribution in [0.2, 0.25) is 0 Å². The Bertz CT molecular complexity index is 686. The third-order valence-electron chi connectivity index (χ3n) is 3.08. The Kier molecular flexibility index (Phi) is 6.81. The lowest BCUT2D eigenvalue weighted by Gasteiger charge is -2.17. The number of carbonyl (C=O) groups excluding carboxylic acids is 1. The van der Waals surface area contributed by atoms with E-state index in [1.807, 2.05) is 0 Å². The van der Waals surface area contributed by atoms with E-state index in [4.69, 9.17) is 19.7 Å². The Morgan fingerprint density at radius 3 is 1.92 bits per heavy atom. The van der Waals surface area contributed by atoms with Gasteiger partial charge in [-0.15, -0.1) is 0 Å². The number of hydrogen-bond donors (Lipinski definition) is 2. The highest BCUT2D eigenvalue weighted by molar-refractivity contribution is 6.02. The van der Waals surface area contributed by atoms with Crippen molar-refractivity contribution in [3.63, 3.8) is 0 Å². The summed E-state index contributed by atoms with van der Waals surface area (Å²) in [6.45, 7) is -2.05. The molecule has 0 amide bonds. The number of carboxylic acids is 2. The van der Waals surface area contributed by atoms with Crippen LogP contribution in [0.5, 0.6) is 11.5 Å². The van der Waals surface area contributed by atoms with Gasteiger partial charge in [0.05, 0.1) is 44.8 Å². The number of aliphatic carboxylic acids is 2. The Labute approximate surface area is 141 Å². The van der Waals surface area contributed by atoms with Crippen LogP contribution in [0.3, 0.4) is 0 Å². The maximum absolute atomic E-state index is 12.4. The van der Waals surface area contributed by atoms with Crippen molar-refractivity contribution in [3.05, 3.63) is 27.8 Å². The number of benzene rings is 1. The lowest BCUT2D eigenvalue weighted by atomic mass is 10.1. The Balaban J connectivity index is 3.23. The van der Waals surface area contributed by atoms with Crippen LogP contribution < -0.4 is 9.47 Å². The molecule has 0 spiro atoms. The second kappa shape index (κ2) is 8.59. The number of nitro benzene ring substituents is 1. The molecule has 0 heterocycles. The number of methoxy groups -OCH3 is 2. The summed E-state index contributed by atoms with van der Waals surface area (Å²) in [5, 5.41) is 28.8. The fourth-order valence-corrected chi connectivity index (χ4v) is 2.08. The monoisotopic (exact) mass is 356 g/mol. The SMILES string of the molecule is COc1cc(C(=O)CN(CC(=O)O)CC(=O)O)c([N+](=O)[O-])cc1OC. The number of carbonyl (C=O) groups is 3. The number of nitrogens with zero attached hydrogens (tertiary/aromatic N) is 2. The predicted octanol–water partition coefficient (Wildman–Crippen LogP) is 0.266. The van der Waals surface area contributed by atoms with Gasteiger partial charge in [0.2, 0.25) is 0 Å². The minimum absolute atomic E-state index is 0.0404. The van der Waals surface area contributed by atoms with Crippen molar-refractivity contribution in [3.8, 4) is 11.5 Å². The molecule has 1 aromatic carbocycles. The topological polar surface area (TPSA) is 157 Å². The second-order valence-corrected chi connectivity index (χ2v) is 4.84. The van der Waals surface area contributed by atoms with Crippen LogP contribution >= 0.6 is 0 Å². The minimum Gasteiger partial charge on any atom is -0.493 e. The van der Waals surface area contributed by atoms with Gasteiger partial charge in [0.25, 0.3) is 5.69 Å². The van der Waals surface area contributed by atoms with Gasteiger partial charge in [-0.3, -0.25) is 29.4 Å². The molecule has 0 bridgehead atoms.